The maximum absolute atomic E-state index is 10.5. The van der Waals surface area contributed by atoms with E-state index in [0.717, 1.165) is 9.26 Å². The van der Waals surface area contributed by atoms with Gasteiger partial charge in [-0.05, 0) is 46.9 Å². The molecule has 2 rings (SSSR count). The van der Waals surface area contributed by atoms with Crippen molar-refractivity contribution in [3.05, 3.63) is 40.2 Å². The first kappa shape index (κ1) is 12.4. The van der Waals surface area contributed by atoms with E-state index in [9.17, 15) is 4.79 Å². The predicted molar refractivity (Wildman–Crippen MR) is 74.6 cm³/mol. The molecule has 0 unspecified atom stereocenters. The highest BCUT2D eigenvalue weighted by atomic mass is 127. The van der Waals surface area contributed by atoms with Crippen molar-refractivity contribution >= 4 is 40.3 Å². The van der Waals surface area contributed by atoms with E-state index in [-0.39, 0.29) is 5.75 Å². The Morgan fingerprint density at radius 1 is 1.41 bits per heavy atom. The zero-order valence-corrected chi connectivity index (χ0v) is 11.7. The predicted octanol–water partition coefficient (Wildman–Crippen LogP) is 2.65. The maximum Gasteiger partial charge on any atom is 0.313 e. The molecule has 0 aliphatic rings. The van der Waals surface area contributed by atoms with Crippen molar-refractivity contribution in [3.63, 3.8) is 0 Å². The molecule has 17 heavy (non-hydrogen) atoms. The highest BCUT2D eigenvalue weighted by Crippen LogP contribution is 2.20. The molecular formula is C11H9IN2O2S. The SMILES string of the molecule is O=C(O)CSc1nccn1-c1ccc(I)cc1. The van der Waals surface area contributed by atoms with Crippen molar-refractivity contribution in [2.45, 2.75) is 5.16 Å². The molecule has 0 bridgehead atoms. The molecule has 0 atom stereocenters. The third-order valence-corrected chi connectivity index (χ3v) is 3.71. The van der Waals surface area contributed by atoms with Crippen LogP contribution in [0.3, 0.4) is 0 Å². The average molecular weight is 360 g/mol. The number of carbonyl (C=O) groups is 1. The van der Waals surface area contributed by atoms with Crippen molar-refractivity contribution in [1.82, 2.24) is 9.55 Å². The van der Waals surface area contributed by atoms with E-state index in [1.165, 1.54) is 11.8 Å². The number of carboxylic acids is 1. The number of aliphatic carboxylic acids is 1. The fourth-order valence-electron chi connectivity index (χ4n) is 1.32. The Morgan fingerprint density at radius 2 is 2.12 bits per heavy atom. The Kier molecular flexibility index (Phi) is 4.06. The van der Waals surface area contributed by atoms with Gasteiger partial charge in [0.15, 0.2) is 5.16 Å². The Hall–Kier alpha value is -1.02. The quantitative estimate of drug-likeness (QED) is 0.673. The van der Waals surface area contributed by atoms with Gasteiger partial charge in [0.05, 0.1) is 5.75 Å². The number of nitrogens with zero attached hydrogens (tertiary/aromatic N) is 2. The fourth-order valence-corrected chi connectivity index (χ4v) is 2.37. The van der Waals surface area contributed by atoms with Crippen LogP contribution in [-0.2, 0) is 4.79 Å². The van der Waals surface area contributed by atoms with Crippen molar-refractivity contribution in [3.8, 4) is 5.69 Å². The maximum atomic E-state index is 10.5. The van der Waals surface area contributed by atoms with Gasteiger partial charge in [-0.3, -0.25) is 9.36 Å². The van der Waals surface area contributed by atoms with Crippen LogP contribution in [0.15, 0.2) is 41.8 Å². The summed E-state index contributed by atoms with van der Waals surface area (Å²) in [5.41, 5.74) is 0.982. The van der Waals surface area contributed by atoms with Gasteiger partial charge >= 0.3 is 5.97 Å². The lowest BCUT2D eigenvalue weighted by Crippen LogP contribution is -2.01. The van der Waals surface area contributed by atoms with E-state index in [0.29, 0.717) is 5.16 Å². The van der Waals surface area contributed by atoms with Crippen molar-refractivity contribution in [1.29, 1.82) is 0 Å². The minimum absolute atomic E-state index is 0.0153. The second-order valence-electron chi connectivity index (χ2n) is 3.24. The standard InChI is InChI=1S/C11H9IN2O2S/c12-8-1-3-9(4-2-8)14-6-5-13-11(14)17-7-10(15)16/h1-6H,7H2,(H,15,16). The summed E-state index contributed by atoms with van der Waals surface area (Å²) in [5, 5.41) is 9.34. The number of imidazole rings is 1. The van der Waals surface area contributed by atoms with E-state index in [4.69, 9.17) is 5.11 Å². The highest BCUT2D eigenvalue weighted by molar-refractivity contribution is 14.1. The van der Waals surface area contributed by atoms with Gasteiger partial charge in [0.2, 0.25) is 0 Å². The third kappa shape index (κ3) is 3.22. The number of thioether (sulfide) groups is 1. The molecule has 0 saturated heterocycles. The van der Waals surface area contributed by atoms with Gasteiger partial charge in [-0.2, -0.15) is 0 Å². The van der Waals surface area contributed by atoms with Crippen molar-refractivity contribution < 1.29 is 9.90 Å². The Balaban J connectivity index is 2.24. The van der Waals surface area contributed by atoms with Gasteiger partial charge in [-0.1, -0.05) is 11.8 Å². The molecule has 6 heteroatoms. The molecule has 88 valence electrons. The third-order valence-electron chi connectivity index (χ3n) is 2.04. The first-order valence-corrected chi connectivity index (χ1v) is 6.87. The van der Waals surface area contributed by atoms with Crippen LogP contribution in [0.4, 0.5) is 0 Å². The molecule has 0 aliphatic heterocycles. The minimum Gasteiger partial charge on any atom is -0.481 e. The van der Waals surface area contributed by atoms with Crippen LogP contribution in [0.1, 0.15) is 0 Å². The van der Waals surface area contributed by atoms with Gasteiger partial charge in [0.25, 0.3) is 0 Å². The van der Waals surface area contributed by atoms with Gasteiger partial charge in [0.1, 0.15) is 0 Å². The number of hydrogen-bond acceptors (Lipinski definition) is 3. The van der Waals surface area contributed by atoms with E-state index in [2.05, 4.69) is 27.6 Å². The number of carboxylic acid groups (broad SMARTS) is 1. The van der Waals surface area contributed by atoms with E-state index in [1.54, 1.807) is 6.20 Å². The van der Waals surface area contributed by atoms with Gasteiger partial charge in [-0.15, -0.1) is 0 Å². The molecule has 1 aromatic carbocycles. The van der Waals surface area contributed by atoms with Gasteiger partial charge in [-0.25, -0.2) is 4.98 Å². The number of halogens is 1. The lowest BCUT2D eigenvalue weighted by Gasteiger charge is -2.06. The molecule has 1 N–H and O–H groups in total. The van der Waals surface area contributed by atoms with Gasteiger partial charge < -0.3 is 5.11 Å². The summed E-state index contributed by atoms with van der Waals surface area (Å²) in [6.45, 7) is 0. The summed E-state index contributed by atoms with van der Waals surface area (Å²) in [6, 6.07) is 7.96. The molecule has 4 nitrogen and oxygen atoms in total. The Bertz CT molecular complexity index is 525. The van der Waals surface area contributed by atoms with Crippen LogP contribution in [0, 0.1) is 3.57 Å². The van der Waals surface area contributed by atoms with Crippen molar-refractivity contribution in [2.75, 3.05) is 5.75 Å². The summed E-state index contributed by atoms with van der Waals surface area (Å²) < 4.78 is 3.04. The summed E-state index contributed by atoms with van der Waals surface area (Å²) in [5.74, 6) is -0.825. The van der Waals surface area contributed by atoms with Crippen LogP contribution >= 0.6 is 34.4 Å². The second kappa shape index (κ2) is 5.54. The van der Waals surface area contributed by atoms with Crippen LogP contribution in [0.2, 0.25) is 0 Å². The normalized spacial score (nSPS) is 10.4. The largest absolute Gasteiger partial charge is 0.481 e. The molecule has 0 aliphatic carbocycles. The monoisotopic (exact) mass is 360 g/mol. The summed E-state index contributed by atoms with van der Waals surface area (Å²) >= 11 is 3.45. The van der Waals surface area contributed by atoms with E-state index in [1.807, 2.05) is 35.0 Å². The number of hydrogen-bond donors (Lipinski definition) is 1. The highest BCUT2D eigenvalue weighted by Gasteiger charge is 2.07. The van der Waals surface area contributed by atoms with Crippen LogP contribution in [0.25, 0.3) is 5.69 Å². The fraction of sp³-hybridized carbons (Fsp3) is 0.0909. The number of aromatic nitrogens is 2. The van der Waals surface area contributed by atoms with Crippen LogP contribution < -0.4 is 0 Å². The van der Waals surface area contributed by atoms with E-state index < -0.39 is 5.97 Å². The summed E-state index contributed by atoms with van der Waals surface area (Å²) in [4.78, 5) is 14.7. The minimum atomic E-state index is -0.841. The first-order chi connectivity index (χ1) is 8.16. The summed E-state index contributed by atoms with van der Waals surface area (Å²) in [6.07, 6.45) is 3.49. The lowest BCUT2D eigenvalue weighted by atomic mass is 10.3. The summed E-state index contributed by atoms with van der Waals surface area (Å²) in [7, 11) is 0. The molecule has 0 radical (unpaired) electrons. The average Bonchev–Trinajstić information content (AvgIpc) is 2.75. The molecule has 0 saturated carbocycles. The number of benzene rings is 1. The van der Waals surface area contributed by atoms with Crippen molar-refractivity contribution in [2.24, 2.45) is 0 Å². The van der Waals surface area contributed by atoms with Crippen LogP contribution in [0.5, 0.6) is 0 Å². The second-order valence-corrected chi connectivity index (χ2v) is 5.43. The van der Waals surface area contributed by atoms with Gasteiger partial charge in [0, 0.05) is 21.7 Å². The molecule has 2 aromatic rings. The topological polar surface area (TPSA) is 55.1 Å². The molecule has 0 amide bonds. The van der Waals surface area contributed by atoms with E-state index >= 15 is 0 Å². The number of rotatable bonds is 4. The first-order valence-electron chi connectivity index (χ1n) is 4.80. The zero-order valence-electron chi connectivity index (χ0n) is 8.71. The van der Waals surface area contributed by atoms with Crippen LogP contribution in [-0.4, -0.2) is 26.4 Å². The molecular weight excluding hydrogens is 351 g/mol. The molecule has 0 spiro atoms. The molecule has 1 heterocycles. The molecule has 0 fully saturated rings. The smallest absolute Gasteiger partial charge is 0.313 e. The zero-order chi connectivity index (χ0) is 12.3. The Morgan fingerprint density at radius 3 is 2.76 bits per heavy atom. The molecule has 1 aromatic heterocycles. The lowest BCUT2D eigenvalue weighted by molar-refractivity contribution is -0.133. The Labute approximate surface area is 116 Å².